The molecule has 0 aliphatic heterocycles. The predicted octanol–water partition coefficient (Wildman–Crippen LogP) is -0.0442. The number of ether oxygens (including phenoxy) is 1. The Morgan fingerprint density at radius 3 is 2.63 bits per heavy atom. The van der Waals surface area contributed by atoms with Crippen molar-refractivity contribution in [1.82, 2.24) is 5.32 Å². The van der Waals surface area contributed by atoms with Crippen molar-refractivity contribution < 1.29 is 32.9 Å². The van der Waals surface area contributed by atoms with Crippen molar-refractivity contribution in [2.24, 2.45) is 5.92 Å². The molecule has 5 nitrogen and oxygen atoms in total. The first-order valence-corrected chi connectivity index (χ1v) is 6.05. The number of hydrogen-bond acceptors (Lipinski definition) is 4. The fourth-order valence-electron chi connectivity index (χ4n) is 3.02. The van der Waals surface area contributed by atoms with Gasteiger partial charge in [-0.15, -0.1) is 0 Å². The monoisotopic (exact) mass is 283 g/mol. The zero-order valence-corrected chi connectivity index (χ0v) is 10.1. The number of carbonyl (C=O) groups excluding carboxylic acids is 1. The summed E-state index contributed by atoms with van der Waals surface area (Å²) >= 11 is 0. The number of amides is 1. The fraction of sp³-hybridized carbons (Fsp3) is 0.909. The van der Waals surface area contributed by atoms with Gasteiger partial charge in [0, 0.05) is 0 Å². The Morgan fingerprint density at radius 2 is 2.11 bits per heavy atom. The molecule has 0 aromatic rings. The first kappa shape index (κ1) is 14.5. The second-order valence-corrected chi connectivity index (χ2v) is 5.25. The van der Waals surface area contributed by atoms with Crippen molar-refractivity contribution in [3.05, 3.63) is 0 Å². The molecule has 0 heterocycles. The first-order valence-electron chi connectivity index (χ1n) is 6.05. The highest BCUT2D eigenvalue weighted by molar-refractivity contribution is 5.78. The third-order valence-corrected chi connectivity index (χ3v) is 3.85. The summed E-state index contributed by atoms with van der Waals surface area (Å²) in [6.07, 6.45) is -4.79. The van der Waals surface area contributed by atoms with Crippen molar-refractivity contribution >= 4 is 5.91 Å². The van der Waals surface area contributed by atoms with Gasteiger partial charge in [-0.1, -0.05) is 0 Å². The number of nitrogens with one attached hydrogen (secondary N) is 1. The molecule has 2 unspecified atom stereocenters. The molecule has 2 saturated carbocycles. The van der Waals surface area contributed by atoms with Crippen molar-refractivity contribution in [2.45, 2.75) is 43.2 Å². The maximum atomic E-state index is 11.8. The van der Waals surface area contributed by atoms with E-state index in [1.807, 2.05) is 0 Å². The van der Waals surface area contributed by atoms with Crippen LogP contribution in [0.4, 0.5) is 13.2 Å². The molecule has 2 aliphatic rings. The Morgan fingerprint density at radius 1 is 1.42 bits per heavy atom. The van der Waals surface area contributed by atoms with Crippen molar-refractivity contribution in [3.63, 3.8) is 0 Å². The molecule has 0 radical (unpaired) electrons. The molecule has 2 bridgehead atoms. The zero-order valence-electron chi connectivity index (χ0n) is 10.1. The van der Waals surface area contributed by atoms with Crippen molar-refractivity contribution in [2.75, 3.05) is 13.2 Å². The van der Waals surface area contributed by atoms with Gasteiger partial charge in [0.05, 0.1) is 11.6 Å². The van der Waals surface area contributed by atoms with Gasteiger partial charge in [-0.25, -0.2) is 0 Å². The smallest absolute Gasteiger partial charge is 0.390 e. The van der Waals surface area contributed by atoms with Gasteiger partial charge < -0.3 is 20.3 Å². The average Bonchev–Trinajstić information content (AvgIpc) is 2.77. The van der Waals surface area contributed by atoms with Crippen LogP contribution in [0.3, 0.4) is 0 Å². The van der Waals surface area contributed by atoms with Gasteiger partial charge in [-0.2, -0.15) is 13.2 Å². The number of fused-ring (bicyclic) bond motifs is 2. The first-order chi connectivity index (χ1) is 8.73. The minimum atomic E-state index is -4.47. The van der Waals surface area contributed by atoms with Crippen LogP contribution in [0.25, 0.3) is 0 Å². The van der Waals surface area contributed by atoms with E-state index in [4.69, 9.17) is 0 Å². The Hall–Kier alpha value is -0.860. The fourth-order valence-corrected chi connectivity index (χ4v) is 3.02. The third-order valence-electron chi connectivity index (χ3n) is 3.85. The molecule has 3 N–H and O–H groups in total. The topological polar surface area (TPSA) is 78.8 Å². The number of aliphatic hydroxyl groups is 2. The molecule has 2 aliphatic carbocycles. The van der Waals surface area contributed by atoms with Crippen LogP contribution in [0.5, 0.6) is 0 Å². The highest BCUT2D eigenvalue weighted by Crippen LogP contribution is 2.47. The number of rotatable bonds is 4. The molecule has 19 heavy (non-hydrogen) atoms. The highest BCUT2D eigenvalue weighted by Gasteiger charge is 2.57. The van der Waals surface area contributed by atoms with E-state index in [1.165, 1.54) is 0 Å². The number of hydrogen-bond donors (Lipinski definition) is 3. The van der Waals surface area contributed by atoms with Crippen molar-refractivity contribution in [3.8, 4) is 0 Å². The van der Waals surface area contributed by atoms with E-state index in [1.54, 1.807) is 0 Å². The van der Waals surface area contributed by atoms with Crippen LogP contribution in [-0.4, -0.2) is 53.3 Å². The summed E-state index contributed by atoms with van der Waals surface area (Å²) in [5.41, 5.74) is -0.914. The van der Waals surface area contributed by atoms with Gasteiger partial charge in [0.1, 0.15) is 19.3 Å². The quantitative estimate of drug-likeness (QED) is 0.676. The molecular weight excluding hydrogens is 267 g/mol. The average molecular weight is 283 g/mol. The van der Waals surface area contributed by atoms with Gasteiger partial charge >= 0.3 is 6.18 Å². The Labute approximate surface area is 107 Å². The van der Waals surface area contributed by atoms with Gasteiger partial charge in [0.25, 0.3) is 0 Å². The number of carbonyl (C=O) groups is 1. The molecule has 8 heteroatoms. The van der Waals surface area contributed by atoms with Crippen LogP contribution < -0.4 is 5.32 Å². The summed E-state index contributed by atoms with van der Waals surface area (Å²) in [4.78, 5) is 11.5. The molecule has 0 aromatic carbocycles. The maximum absolute atomic E-state index is 11.8. The normalized spacial score (nSPS) is 37.6. The Kier molecular flexibility index (Phi) is 3.76. The lowest BCUT2D eigenvalue weighted by Gasteiger charge is -2.34. The summed E-state index contributed by atoms with van der Waals surface area (Å²) in [6.45, 7) is -2.20. The molecule has 1 amide bonds. The van der Waals surface area contributed by atoms with Crippen molar-refractivity contribution in [1.29, 1.82) is 0 Å². The summed E-state index contributed by atoms with van der Waals surface area (Å²) in [7, 11) is 0. The van der Waals surface area contributed by atoms with Gasteiger partial charge in [0.15, 0.2) is 0 Å². The number of alkyl halides is 3. The summed E-state index contributed by atoms with van der Waals surface area (Å²) in [5, 5.41) is 22.0. The molecule has 110 valence electrons. The van der Waals surface area contributed by atoms with E-state index in [9.17, 15) is 28.2 Å². The second kappa shape index (κ2) is 4.92. The van der Waals surface area contributed by atoms with E-state index in [-0.39, 0.29) is 5.92 Å². The van der Waals surface area contributed by atoms with Gasteiger partial charge in [-0.05, 0) is 25.2 Å². The maximum Gasteiger partial charge on any atom is 0.411 e. The van der Waals surface area contributed by atoms with E-state index >= 15 is 0 Å². The third kappa shape index (κ3) is 3.01. The van der Waals surface area contributed by atoms with Crippen LogP contribution in [0, 0.1) is 5.92 Å². The van der Waals surface area contributed by atoms with E-state index < -0.39 is 43.0 Å². The molecule has 2 rings (SSSR count). The zero-order chi connectivity index (χ0) is 14.3. The van der Waals surface area contributed by atoms with Crippen LogP contribution in [0.2, 0.25) is 0 Å². The Balaban J connectivity index is 1.83. The van der Waals surface area contributed by atoms with Gasteiger partial charge in [-0.3, -0.25) is 4.79 Å². The summed E-state index contributed by atoms with van der Waals surface area (Å²) in [5.74, 6) is -0.774. The SMILES string of the molecule is O=C(COCC(F)(F)F)NC12CCC(C1)[C@H](O)[C@@H]2O. The van der Waals surface area contributed by atoms with E-state index in [2.05, 4.69) is 10.1 Å². The lowest BCUT2D eigenvalue weighted by Crippen LogP contribution is -2.57. The van der Waals surface area contributed by atoms with Gasteiger partial charge in [0.2, 0.25) is 5.91 Å². The largest absolute Gasteiger partial charge is 0.411 e. The lowest BCUT2D eigenvalue weighted by atomic mass is 9.89. The minimum absolute atomic E-state index is 0.0635. The molecule has 4 atom stereocenters. The number of halogens is 3. The highest BCUT2D eigenvalue weighted by atomic mass is 19.4. The second-order valence-electron chi connectivity index (χ2n) is 5.25. The molecule has 0 spiro atoms. The number of aliphatic hydroxyl groups excluding tert-OH is 2. The minimum Gasteiger partial charge on any atom is -0.390 e. The summed E-state index contributed by atoms with van der Waals surface area (Å²) < 4.78 is 39.8. The molecular formula is C11H16F3NO4. The summed E-state index contributed by atoms with van der Waals surface area (Å²) in [6, 6.07) is 0. The van der Waals surface area contributed by atoms with E-state index in [0.717, 1.165) is 0 Å². The molecule has 0 aromatic heterocycles. The van der Waals surface area contributed by atoms with Crippen LogP contribution >= 0.6 is 0 Å². The molecule has 0 saturated heterocycles. The standard InChI is InChI=1S/C11H16F3NO4/c12-11(13,14)5-19-4-7(16)15-10-2-1-6(3-10)8(17)9(10)18/h6,8-9,17-18H,1-5H2,(H,15,16)/t6?,8-,9-,10?/m0/s1. The lowest BCUT2D eigenvalue weighted by molar-refractivity contribution is -0.176. The van der Waals surface area contributed by atoms with Crippen LogP contribution in [0.1, 0.15) is 19.3 Å². The van der Waals surface area contributed by atoms with Crippen LogP contribution in [0.15, 0.2) is 0 Å². The van der Waals surface area contributed by atoms with Crippen LogP contribution in [-0.2, 0) is 9.53 Å². The van der Waals surface area contributed by atoms with E-state index in [0.29, 0.717) is 19.3 Å². The molecule has 2 fully saturated rings. The Bertz CT molecular complexity index is 362. The predicted molar refractivity (Wildman–Crippen MR) is 57.1 cm³/mol.